The SMILES string of the molecule is COc1cccc(-c2cc[c]c(Br)c2OC)c1Cl. The minimum atomic E-state index is 0.566. The number of methoxy groups -OCH3 is 2. The van der Waals surface area contributed by atoms with Gasteiger partial charge in [0.2, 0.25) is 0 Å². The number of ether oxygens (including phenoxy) is 2. The van der Waals surface area contributed by atoms with Crippen molar-refractivity contribution in [3.63, 3.8) is 0 Å². The molecule has 2 aromatic rings. The average Bonchev–Trinajstić information content (AvgIpc) is 2.39. The molecule has 0 fully saturated rings. The molecule has 0 saturated carbocycles. The Morgan fingerprint density at radius 2 is 1.89 bits per heavy atom. The van der Waals surface area contributed by atoms with Crippen LogP contribution in [0.1, 0.15) is 0 Å². The predicted molar refractivity (Wildman–Crippen MR) is 76.5 cm³/mol. The molecule has 0 aliphatic rings. The van der Waals surface area contributed by atoms with E-state index < -0.39 is 0 Å². The van der Waals surface area contributed by atoms with Gasteiger partial charge in [0, 0.05) is 17.2 Å². The molecule has 4 heteroatoms. The van der Waals surface area contributed by atoms with Crippen LogP contribution in [-0.2, 0) is 0 Å². The summed E-state index contributed by atoms with van der Waals surface area (Å²) in [6, 6.07) is 12.4. The fraction of sp³-hybridized carbons (Fsp3) is 0.143. The van der Waals surface area contributed by atoms with Gasteiger partial charge >= 0.3 is 0 Å². The highest BCUT2D eigenvalue weighted by Crippen LogP contribution is 2.41. The molecule has 0 spiro atoms. The highest BCUT2D eigenvalue weighted by atomic mass is 79.9. The first-order valence-corrected chi connectivity index (χ1v) is 6.43. The molecule has 0 N–H and O–H groups in total. The van der Waals surface area contributed by atoms with E-state index in [1.807, 2.05) is 30.3 Å². The zero-order chi connectivity index (χ0) is 13.1. The van der Waals surface area contributed by atoms with E-state index in [1.165, 1.54) is 0 Å². The first-order valence-electron chi connectivity index (χ1n) is 5.26. The Balaban J connectivity index is 2.66. The molecule has 0 aliphatic heterocycles. The zero-order valence-corrected chi connectivity index (χ0v) is 12.3. The summed E-state index contributed by atoms with van der Waals surface area (Å²) < 4.78 is 11.4. The minimum Gasteiger partial charge on any atom is -0.495 e. The van der Waals surface area contributed by atoms with Gasteiger partial charge in [0.15, 0.2) is 0 Å². The van der Waals surface area contributed by atoms with Gasteiger partial charge in [-0.05, 0) is 28.1 Å². The van der Waals surface area contributed by atoms with E-state index in [2.05, 4.69) is 22.0 Å². The lowest BCUT2D eigenvalue weighted by molar-refractivity contribution is 0.412. The number of benzene rings is 2. The van der Waals surface area contributed by atoms with Crippen LogP contribution in [0.25, 0.3) is 11.1 Å². The summed E-state index contributed by atoms with van der Waals surface area (Å²) in [4.78, 5) is 0. The molecule has 18 heavy (non-hydrogen) atoms. The molecular formula is C14H11BrClO2. The summed E-state index contributed by atoms with van der Waals surface area (Å²) in [7, 11) is 3.21. The summed E-state index contributed by atoms with van der Waals surface area (Å²) in [5.41, 5.74) is 1.76. The monoisotopic (exact) mass is 325 g/mol. The van der Waals surface area contributed by atoms with Crippen LogP contribution in [0.5, 0.6) is 11.5 Å². The van der Waals surface area contributed by atoms with Gasteiger partial charge in [-0.3, -0.25) is 0 Å². The van der Waals surface area contributed by atoms with E-state index in [1.54, 1.807) is 14.2 Å². The Bertz CT molecular complexity index is 570. The summed E-state index contributed by atoms with van der Waals surface area (Å²) in [5.74, 6) is 1.34. The lowest BCUT2D eigenvalue weighted by atomic mass is 10.0. The summed E-state index contributed by atoms with van der Waals surface area (Å²) >= 11 is 9.73. The fourth-order valence-electron chi connectivity index (χ4n) is 1.75. The molecule has 0 amide bonds. The van der Waals surface area contributed by atoms with Crippen molar-refractivity contribution in [3.8, 4) is 22.6 Å². The van der Waals surface area contributed by atoms with Gasteiger partial charge in [-0.1, -0.05) is 29.8 Å². The number of hydrogen-bond donors (Lipinski definition) is 0. The molecule has 0 atom stereocenters. The number of halogens is 2. The van der Waals surface area contributed by atoms with Crippen LogP contribution in [0, 0.1) is 6.07 Å². The topological polar surface area (TPSA) is 18.5 Å². The molecule has 2 nitrogen and oxygen atoms in total. The van der Waals surface area contributed by atoms with Crippen molar-refractivity contribution < 1.29 is 9.47 Å². The first-order chi connectivity index (χ1) is 8.69. The third-order valence-electron chi connectivity index (χ3n) is 2.58. The standard InChI is InChI=1S/C14H11BrClO2/c1-17-12-8-4-5-9(13(12)16)10-6-3-7-11(15)14(10)18-2/h3-6,8H,1-2H3. The Labute approximate surface area is 120 Å². The smallest absolute Gasteiger partial charge is 0.141 e. The maximum absolute atomic E-state index is 6.32. The second-order valence-electron chi connectivity index (χ2n) is 3.56. The molecule has 0 heterocycles. The molecule has 0 saturated heterocycles. The van der Waals surface area contributed by atoms with Crippen molar-refractivity contribution in [1.82, 2.24) is 0 Å². The zero-order valence-electron chi connectivity index (χ0n) is 9.96. The Hall–Kier alpha value is -1.19. The Kier molecular flexibility index (Phi) is 4.15. The predicted octanol–water partition coefficient (Wildman–Crippen LogP) is 4.59. The van der Waals surface area contributed by atoms with Crippen LogP contribution in [0.4, 0.5) is 0 Å². The normalized spacial score (nSPS) is 10.2. The maximum Gasteiger partial charge on any atom is 0.141 e. The molecule has 0 bridgehead atoms. The highest BCUT2D eigenvalue weighted by Gasteiger charge is 2.14. The molecule has 93 valence electrons. The highest BCUT2D eigenvalue weighted by molar-refractivity contribution is 9.10. The van der Waals surface area contributed by atoms with E-state index >= 15 is 0 Å². The van der Waals surface area contributed by atoms with Crippen molar-refractivity contribution >= 4 is 27.5 Å². The van der Waals surface area contributed by atoms with Crippen molar-refractivity contribution in [3.05, 3.63) is 45.9 Å². The van der Waals surface area contributed by atoms with Crippen LogP contribution in [0.2, 0.25) is 5.02 Å². The summed E-state index contributed by atoms with van der Waals surface area (Å²) in [6.07, 6.45) is 0. The molecule has 1 radical (unpaired) electrons. The Morgan fingerprint density at radius 1 is 1.11 bits per heavy atom. The van der Waals surface area contributed by atoms with E-state index in [4.69, 9.17) is 21.1 Å². The van der Waals surface area contributed by atoms with E-state index in [0.29, 0.717) is 16.5 Å². The van der Waals surface area contributed by atoms with Gasteiger partial charge in [-0.25, -0.2) is 0 Å². The van der Waals surface area contributed by atoms with Crippen LogP contribution in [-0.4, -0.2) is 14.2 Å². The maximum atomic E-state index is 6.32. The lowest BCUT2D eigenvalue weighted by Gasteiger charge is -2.13. The lowest BCUT2D eigenvalue weighted by Crippen LogP contribution is -1.91. The number of hydrogen-bond acceptors (Lipinski definition) is 2. The molecule has 2 aromatic carbocycles. The quantitative estimate of drug-likeness (QED) is 0.821. The molecule has 0 unspecified atom stereocenters. The van der Waals surface area contributed by atoms with Crippen LogP contribution >= 0.6 is 27.5 Å². The van der Waals surface area contributed by atoms with Crippen LogP contribution < -0.4 is 9.47 Å². The van der Waals surface area contributed by atoms with Gasteiger partial charge in [0.05, 0.1) is 23.7 Å². The van der Waals surface area contributed by atoms with Crippen molar-refractivity contribution in [2.75, 3.05) is 14.2 Å². The van der Waals surface area contributed by atoms with E-state index in [0.717, 1.165) is 15.6 Å². The third-order valence-corrected chi connectivity index (χ3v) is 3.56. The number of rotatable bonds is 3. The molecule has 0 aliphatic carbocycles. The third kappa shape index (κ3) is 2.33. The van der Waals surface area contributed by atoms with E-state index in [9.17, 15) is 0 Å². The summed E-state index contributed by atoms with van der Waals surface area (Å²) in [5, 5.41) is 0.566. The van der Waals surface area contributed by atoms with Crippen LogP contribution in [0.15, 0.2) is 34.8 Å². The van der Waals surface area contributed by atoms with Crippen molar-refractivity contribution in [2.45, 2.75) is 0 Å². The second kappa shape index (κ2) is 5.63. The molecule has 0 aromatic heterocycles. The largest absolute Gasteiger partial charge is 0.495 e. The van der Waals surface area contributed by atoms with Crippen molar-refractivity contribution in [2.24, 2.45) is 0 Å². The van der Waals surface area contributed by atoms with Gasteiger partial charge < -0.3 is 9.47 Å². The van der Waals surface area contributed by atoms with Crippen molar-refractivity contribution in [1.29, 1.82) is 0 Å². The van der Waals surface area contributed by atoms with Crippen LogP contribution in [0.3, 0.4) is 0 Å². The fourth-order valence-corrected chi connectivity index (χ4v) is 2.56. The molecule has 2 rings (SSSR count). The van der Waals surface area contributed by atoms with E-state index in [-0.39, 0.29) is 0 Å². The van der Waals surface area contributed by atoms with Gasteiger partial charge in [0.1, 0.15) is 11.5 Å². The second-order valence-corrected chi connectivity index (χ2v) is 4.73. The Morgan fingerprint density at radius 3 is 2.56 bits per heavy atom. The first kappa shape index (κ1) is 13.2. The van der Waals surface area contributed by atoms with Gasteiger partial charge in [0.25, 0.3) is 0 Å². The summed E-state index contributed by atoms with van der Waals surface area (Å²) in [6.45, 7) is 0. The van der Waals surface area contributed by atoms with Gasteiger partial charge in [-0.2, -0.15) is 0 Å². The average molecular weight is 327 g/mol. The van der Waals surface area contributed by atoms with Gasteiger partial charge in [-0.15, -0.1) is 0 Å². The minimum absolute atomic E-state index is 0.566. The molecular weight excluding hydrogens is 316 g/mol.